The molecule has 14 heavy (non-hydrogen) atoms. The Morgan fingerprint density at radius 2 is 2.14 bits per heavy atom. The largest absolute Gasteiger partial charge is 0.375 e. The lowest BCUT2D eigenvalue weighted by molar-refractivity contribution is 0.618. The molecule has 0 radical (unpaired) electrons. The van der Waals surface area contributed by atoms with Gasteiger partial charge in [-0.15, -0.1) is 0 Å². The fraction of sp³-hybridized carbons (Fsp3) is 0.455. The van der Waals surface area contributed by atoms with Gasteiger partial charge in [0.1, 0.15) is 5.82 Å². The Balaban J connectivity index is 2.70. The van der Waals surface area contributed by atoms with Gasteiger partial charge in [-0.1, -0.05) is 0 Å². The van der Waals surface area contributed by atoms with Crippen molar-refractivity contribution in [3.63, 3.8) is 0 Å². The van der Waals surface area contributed by atoms with Gasteiger partial charge in [0.25, 0.3) is 0 Å². The first-order valence-corrected chi connectivity index (χ1v) is 5.36. The lowest BCUT2D eigenvalue weighted by Gasteiger charge is -2.19. The summed E-state index contributed by atoms with van der Waals surface area (Å²) >= 11 is 4.16. The Hall–Kier alpha value is -0.700. The summed E-state index contributed by atoms with van der Waals surface area (Å²) in [4.78, 5) is 2.11. The normalized spacial score (nSPS) is 10.3. The number of nitrogens with zero attached hydrogens (tertiary/aromatic N) is 1. The van der Waals surface area contributed by atoms with Crippen LogP contribution in [0.5, 0.6) is 0 Å². The third-order valence-corrected chi connectivity index (χ3v) is 2.55. The number of halogens is 1. The van der Waals surface area contributed by atoms with Gasteiger partial charge in [0.05, 0.1) is 0 Å². The topological polar surface area (TPSA) is 3.24 Å². The van der Waals surface area contributed by atoms with Gasteiger partial charge in [-0.05, 0) is 42.9 Å². The highest BCUT2D eigenvalue weighted by Gasteiger charge is 2.02. The third-order valence-electron chi connectivity index (χ3n) is 2.23. The molecule has 1 rings (SSSR count). The monoisotopic (exact) mass is 213 g/mol. The molecule has 3 heteroatoms. The van der Waals surface area contributed by atoms with Gasteiger partial charge in [0, 0.05) is 19.3 Å². The molecular weight excluding hydrogens is 197 g/mol. The van der Waals surface area contributed by atoms with Crippen LogP contribution in [0.3, 0.4) is 0 Å². The quantitative estimate of drug-likeness (QED) is 0.753. The maximum absolute atomic E-state index is 13.0. The lowest BCUT2D eigenvalue weighted by atomic mass is 10.2. The van der Waals surface area contributed by atoms with Gasteiger partial charge in [-0.25, -0.2) is 4.39 Å². The summed E-state index contributed by atoms with van der Waals surface area (Å²) in [5, 5.41) is 0. The number of anilines is 1. The number of hydrogen-bond acceptors (Lipinski definition) is 2. The van der Waals surface area contributed by atoms with E-state index in [0.717, 1.165) is 24.4 Å². The van der Waals surface area contributed by atoms with Crippen molar-refractivity contribution in [3.8, 4) is 0 Å². The average molecular weight is 213 g/mol. The predicted molar refractivity (Wildman–Crippen MR) is 62.9 cm³/mol. The summed E-state index contributed by atoms with van der Waals surface area (Å²) in [6.07, 6.45) is 1.04. The van der Waals surface area contributed by atoms with Crippen molar-refractivity contribution in [2.75, 3.05) is 24.2 Å². The van der Waals surface area contributed by atoms with Gasteiger partial charge in [-0.3, -0.25) is 0 Å². The van der Waals surface area contributed by atoms with Crippen LogP contribution >= 0.6 is 12.6 Å². The highest BCUT2D eigenvalue weighted by atomic mass is 32.1. The van der Waals surface area contributed by atoms with Crippen LogP contribution < -0.4 is 4.90 Å². The van der Waals surface area contributed by atoms with Crippen molar-refractivity contribution in [1.82, 2.24) is 0 Å². The molecular formula is C11H16FNS. The zero-order chi connectivity index (χ0) is 10.6. The van der Waals surface area contributed by atoms with Crippen molar-refractivity contribution < 1.29 is 4.39 Å². The minimum absolute atomic E-state index is 0.142. The fourth-order valence-corrected chi connectivity index (χ4v) is 1.44. The van der Waals surface area contributed by atoms with Gasteiger partial charge in [0.15, 0.2) is 0 Å². The van der Waals surface area contributed by atoms with Gasteiger partial charge in [-0.2, -0.15) is 12.6 Å². The second-order valence-corrected chi connectivity index (χ2v) is 3.88. The Bertz CT molecular complexity index is 301. The maximum atomic E-state index is 13.0. The van der Waals surface area contributed by atoms with Crippen molar-refractivity contribution in [3.05, 3.63) is 29.6 Å². The summed E-state index contributed by atoms with van der Waals surface area (Å²) in [5.74, 6) is 0.737. The first-order valence-electron chi connectivity index (χ1n) is 4.73. The Morgan fingerprint density at radius 1 is 1.43 bits per heavy atom. The molecule has 0 N–H and O–H groups in total. The summed E-state index contributed by atoms with van der Waals surface area (Å²) in [6, 6.07) is 5.19. The number of hydrogen-bond donors (Lipinski definition) is 1. The van der Waals surface area contributed by atoms with E-state index in [9.17, 15) is 4.39 Å². The summed E-state index contributed by atoms with van der Waals surface area (Å²) in [5.41, 5.74) is 1.76. The molecule has 1 aromatic rings. The highest BCUT2D eigenvalue weighted by molar-refractivity contribution is 7.80. The molecule has 0 aliphatic carbocycles. The van der Waals surface area contributed by atoms with Crippen LogP contribution in [0.2, 0.25) is 0 Å². The molecule has 0 heterocycles. The Morgan fingerprint density at radius 3 is 2.71 bits per heavy atom. The van der Waals surface area contributed by atoms with Crippen LogP contribution in [-0.2, 0) is 0 Å². The number of benzene rings is 1. The summed E-state index contributed by atoms with van der Waals surface area (Å²) in [6.45, 7) is 2.74. The van der Waals surface area contributed by atoms with Crippen molar-refractivity contribution in [1.29, 1.82) is 0 Å². The van der Waals surface area contributed by atoms with E-state index >= 15 is 0 Å². The molecule has 1 aromatic carbocycles. The third kappa shape index (κ3) is 2.91. The van der Waals surface area contributed by atoms with Crippen LogP contribution in [0.1, 0.15) is 12.0 Å². The smallest absolute Gasteiger partial charge is 0.126 e. The molecule has 0 aromatic heterocycles. The molecule has 0 fully saturated rings. The molecule has 0 aliphatic rings. The minimum Gasteiger partial charge on any atom is -0.375 e. The van der Waals surface area contributed by atoms with E-state index in [-0.39, 0.29) is 5.82 Å². The van der Waals surface area contributed by atoms with Crippen LogP contribution in [0.4, 0.5) is 10.1 Å². The molecule has 0 spiro atoms. The molecule has 0 amide bonds. The second kappa shape index (κ2) is 5.25. The maximum Gasteiger partial charge on any atom is 0.126 e. The van der Waals surface area contributed by atoms with E-state index in [4.69, 9.17) is 0 Å². The van der Waals surface area contributed by atoms with Gasteiger partial charge in [0.2, 0.25) is 0 Å². The molecule has 1 nitrogen and oxygen atoms in total. The van der Waals surface area contributed by atoms with Crippen LogP contribution in [-0.4, -0.2) is 19.3 Å². The van der Waals surface area contributed by atoms with Crippen molar-refractivity contribution in [2.45, 2.75) is 13.3 Å². The van der Waals surface area contributed by atoms with E-state index in [1.54, 1.807) is 13.0 Å². The zero-order valence-corrected chi connectivity index (χ0v) is 9.52. The van der Waals surface area contributed by atoms with E-state index in [2.05, 4.69) is 17.5 Å². The molecule has 0 unspecified atom stereocenters. The van der Waals surface area contributed by atoms with E-state index in [0.29, 0.717) is 5.56 Å². The average Bonchev–Trinajstić information content (AvgIpc) is 2.18. The minimum atomic E-state index is -0.142. The first-order chi connectivity index (χ1) is 6.65. The molecule has 0 saturated heterocycles. The number of thiol groups is 1. The summed E-state index contributed by atoms with van der Waals surface area (Å²) in [7, 11) is 2.01. The molecule has 0 bridgehead atoms. The van der Waals surface area contributed by atoms with Crippen LogP contribution in [0.25, 0.3) is 0 Å². The van der Waals surface area contributed by atoms with Crippen molar-refractivity contribution >= 4 is 18.3 Å². The lowest BCUT2D eigenvalue weighted by Crippen LogP contribution is -2.18. The van der Waals surface area contributed by atoms with Crippen LogP contribution in [0, 0.1) is 12.7 Å². The van der Waals surface area contributed by atoms with Gasteiger partial charge < -0.3 is 4.90 Å². The Labute approximate surface area is 90.3 Å². The second-order valence-electron chi connectivity index (χ2n) is 3.43. The van der Waals surface area contributed by atoms with E-state index in [1.165, 1.54) is 6.07 Å². The van der Waals surface area contributed by atoms with Crippen LogP contribution in [0.15, 0.2) is 18.2 Å². The standard InChI is InChI=1S/C11H16FNS/c1-9-8-10(4-5-11(9)12)13(2)6-3-7-14/h4-5,8,14H,3,6-7H2,1-2H3. The van der Waals surface area contributed by atoms with E-state index < -0.39 is 0 Å². The SMILES string of the molecule is Cc1cc(N(C)CCCS)ccc1F. The van der Waals surface area contributed by atoms with Crippen molar-refractivity contribution in [2.24, 2.45) is 0 Å². The first kappa shape index (κ1) is 11.4. The molecule has 0 aliphatic heterocycles. The van der Waals surface area contributed by atoms with E-state index in [1.807, 2.05) is 13.1 Å². The number of rotatable bonds is 4. The molecule has 78 valence electrons. The molecule has 0 atom stereocenters. The fourth-order valence-electron chi connectivity index (χ4n) is 1.30. The number of aryl methyl sites for hydroxylation is 1. The predicted octanol–water partition coefficient (Wildman–Crippen LogP) is 2.89. The molecule has 0 saturated carbocycles. The highest BCUT2D eigenvalue weighted by Crippen LogP contribution is 2.17. The zero-order valence-electron chi connectivity index (χ0n) is 8.63. The van der Waals surface area contributed by atoms with Gasteiger partial charge >= 0.3 is 0 Å². The summed E-state index contributed by atoms with van der Waals surface area (Å²) < 4.78 is 13.0. The Kier molecular flexibility index (Phi) is 4.26.